The van der Waals surface area contributed by atoms with Gasteiger partial charge in [0.1, 0.15) is 5.69 Å². The van der Waals surface area contributed by atoms with Crippen molar-refractivity contribution in [3.8, 4) is 33.5 Å². The number of hydrogen-bond acceptors (Lipinski definition) is 3. The van der Waals surface area contributed by atoms with Crippen molar-refractivity contribution in [2.75, 3.05) is 0 Å². The van der Waals surface area contributed by atoms with Gasteiger partial charge in [-0.05, 0) is 48.2 Å². The third-order valence-corrected chi connectivity index (χ3v) is 5.93. The summed E-state index contributed by atoms with van der Waals surface area (Å²) in [4.78, 5) is 0.110. The van der Waals surface area contributed by atoms with Crippen LogP contribution in [0.2, 0.25) is 0 Å². The van der Waals surface area contributed by atoms with E-state index >= 15 is 0 Å². The Balaban J connectivity index is 1.77. The second kappa shape index (κ2) is 7.31. The molecule has 29 heavy (non-hydrogen) atoms. The molecule has 0 spiro atoms. The quantitative estimate of drug-likeness (QED) is 0.519. The molecule has 0 fully saturated rings. The molecule has 3 N–H and O–H groups in total. The van der Waals surface area contributed by atoms with Gasteiger partial charge >= 0.3 is 0 Å². The molecule has 0 amide bonds. The normalized spacial score (nSPS) is 11.6. The first-order valence-electron chi connectivity index (χ1n) is 9.19. The van der Waals surface area contributed by atoms with E-state index < -0.39 is 10.0 Å². The highest BCUT2D eigenvalue weighted by molar-refractivity contribution is 7.89. The Labute approximate surface area is 170 Å². The second-order valence-electron chi connectivity index (χ2n) is 7.04. The van der Waals surface area contributed by atoms with E-state index in [0.29, 0.717) is 0 Å². The largest absolute Gasteiger partial charge is 0.282 e. The zero-order valence-corrected chi connectivity index (χ0v) is 17.0. The van der Waals surface area contributed by atoms with Crippen molar-refractivity contribution in [3.05, 3.63) is 84.1 Å². The highest BCUT2D eigenvalue weighted by atomic mass is 32.2. The minimum absolute atomic E-state index is 0.110. The van der Waals surface area contributed by atoms with Gasteiger partial charge in [0.25, 0.3) is 0 Å². The Bertz CT molecular complexity index is 1280. The first-order valence-corrected chi connectivity index (χ1v) is 10.7. The summed E-state index contributed by atoms with van der Waals surface area (Å²) >= 11 is 0. The van der Waals surface area contributed by atoms with Crippen LogP contribution in [0.1, 0.15) is 11.3 Å². The molecule has 4 aromatic rings. The lowest BCUT2D eigenvalue weighted by atomic mass is 9.95. The SMILES string of the molecule is Cc1ccc(S(N)(=O)=O)cc1-c1ccc(-c2c(-c3ccccc3)n[nH]c2C)cc1. The predicted octanol–water partition coefficient (Wildman–Crippen LogP) is 4.67. The molecule has 6 heteroatoms. The second-order valence-corrected chi connectivity index (χ2v) is 8.60. The molecule has 146 valence electrons. The molecule has 4 rings (SSSR count). The van der Waals surface area contributed by atoms with E-state index in [2.05, 4.69) is 10.2 Å². The number of nitrogens with one attached hydrogen (secondary N) is 1. The Hall–Kier alpha value is -3.22. The fourth-order valence-electron chi connectivity index (χ4n) is 3.49. The molecule has 1 aromatic heterocycles. The summed E-state index contributed by atoms with van der Waals surface area (Å²) in [7, 11) is -3.75. The summed E-state index contributed by atoms with van der Waals surface area (Å²) in [6.07, 6.45) is 0. The number of rotatable bonds is 4. The summed E-state index contributed by atoms with van der Waals surface area (Å²) in [5.74, 6) is 0. The summed E-state index contributed by atoms with van der Waals surface area (Å²) in [6.45, 7) is 3.95. The van der Waals surface area contributed by atoms with Crippen molar-refractivity contribution in [2.24, 2.45) is 5.14 Å². The lowest BCUT2D eigenvalue weighted by Gasteiger charge is -2.10. The maximum absolute atomic E-state index is 11.7. The Morgan fingerprint density at radius 1 is 0.828 bits per heavy atom. The number of hydrogen-bond donors (Lipinski definition) is 2. The molecule has 3 aromatic carbocycles. The lowest BCUT2D eigenvalue weighted by Crippen LogP contribution is -2.12. The van der Waals surface area contributed by atoms with Gasteiger partial charge in [0.15, 0.2) is 0 Å². The predicted molar refractivity (Wildman–Crippen MR) is 116 cm³/mol. The molecular weight excluding hydrogens is 382 g/mol. The smallest absolute Gasteiger partial charge is 0.238 e. The number of H-pyrrole nitrogens is 1. The van der Waals surface area contributed by atoms with Gasteiger partial charge in [-0.3, -0.25) is 5.10 Å². The van der Waals surface area contributed by atoms with Gasteiger partial charge in [-0.15, -0.1) is 0 Å². The number of aromatic amines is 1. The van der Waals surface area contributed by atoms with Crippen molar-refractivity contribution < 1.29 is 8.42 Å². The highest BCUT2D eigenvalue weighted by Gasteiger charge is 2.15. The van der Waals surface area contributed by atoms with E-state index in [1.54, 1.807) is 12.1 Å². The first kappa shape index (κ1) is 19.1. The van der Waals surface area contributed by atoms with Crippen molar-refractivity contribution >= 4 is 10.0 Å². The number of benzene rings is 3. The number of primary sulfonamides is 1. The van der Waals surface area contributed by atoms with Gasteiger partial charge in [-0.2, -0.15) is 5.10 Å². The maximum atomic E-state index is 11.7. The zero-order chi connectivity index (χ0) is 20.6. The molecule has 0 aliphatic heterocycles. The van der Waals surface area contributed by atoms with Gasteiger partial charge in [0.2, 0.25) is 10.0 Å². The van der Waals surface area contributed by atoms with E-state index in [1.807, 2.05) is 68.4 Å². The number of aryl methyl sites for hydroxylation is 2. The maximum Gasteiger partial charge on any atom is 0.238 e. The van der Waals surface area contributed by atoms with Crippen LogP contribution in [0.4, 0.5) is 0 Å². The van der Waals surface area contributed by atoms with Gasteiger partial charge in [-0.25, -0.2) is 13.6 Å². The Kier molecular flexibility index (Phi) is 4.82. The average molecular weight is 404 g/mol. The minimum atomic E-state index is -3.75. The Morgan fingerprint density at radius 3 is 2.14 bits per heavy atom. The van der Waals surface area contributed by atoms with Crippen molar-refractivity contribution in [3.63, 3.8) is 0 Å². The number of nitrogens with two attached hydrogens (primary N) is 1. The van der Waals surface area contributed by atoms with Crippen LogP contribution in [-0.4, -0.2) is 18.6 Å². The fraction of sp³-hybridized carbons (Fsp3) is 0.0870. The van der Waals surface area contributed by atoms with Crippen LogP contribution >= 0.6 is 0 Å². The van der Waals surface area contributed by atoms with Crippen molar-refractivity contribution in [1.82, 2.24) is 10.2 Å². The van der Waals surface area contributed by atoms with Gasteiger partial charge in [-0.1, -0.05) is 60.7 Å². The summed E-state index contributed by atoms with van der Waals surface area (Å²) < 4.78 is 23.4. The molecule has 0 aliphatic rings. The first-order chi connectivity index (χ1) is 13.8. The molecule has 5 nitrogen and oxygen atoms in total. The van der Waals surface area contributed by atoms with E-state index in [4.69, 9.17) is 5.14 Å². The monoisotopic (exact) mass is 403 g/mol. The van der Waals surface area contributed by atoms with Crippen molar-refractivity contribution in [1.29, 1.82) is 0 Å². The van der Waals surface area contributed by atoms with Crippen LogP contribution in [0.5, 0.6) is 0 Å². The van der Waals surface area contributed by atoms with Gasteiger partial charge < -0.3 is 0 Å². The average Bonchev–Trinajstić information content (AvgIpc) is 3.10. The van der Waals surface area contributed by atoms with Gasteiger partial charge in [0.05, 0.1) is 4.90 Å². The number of aromatic nitrogens is 2. The molecule has 0 saturated carbocycles. The van der Waals surface area contributed by atoms with Crippen molar-refractivity contribution in [2.45, 2.75) is 18.7 Å². The zero-order valence-electron chi connectivity index (χ0n) is 16.2. The van der Waals surface area contributed by atoms with E-state index in [0.717, 1.165) is 44.8 Å². The minimum Gasteiger partial charge on any atom is -0.282 e. The molecule has 0 bridgehead atoms. The summed E-state index contributed by atoms with van der Waals surface area (Å²) in [6, 6.07) is 23.0. The van der Waals surface area contributed by atoms with E-state index in [1.165, 1.54) is 6.07 Å². The molecule has 0 aliphatic carbocycles. The molecule has 0 unspecified atom stereocenters. The molecule has 0 radical (unpaired) electrons. The molecule has 1 heterocycles. The molecule has 0 saturated heterocycles. The van der Waals surface area contributed by atoms with Crippen LogP contribution in [0.15, 0.2) is 77.7 Å². The number of sulfonamides is 1. The topological polar surface area (TPSA) is 88.8 Å². The van der Waals surface area contributed by atoms with Crippen LogP contribution in [0.25, 0.3) is 33.5 Å². The lowest BCUT2D eigenvalue weighted by molar-refractivity contribution is 0.598. The van der Waals surface area contributed by atoms with Gasteiger partial charge in [0, 0.05) is 16.8 Å². The molecule has 0 atom stereocenters. The van der Waals surface area contributed by atoms with Crippen LogP contribution in [-0.2, 0) is 10.0 Å². The van der Waals surface area contributed by atoms with E-state index in [9.17, 15) is 8.42 Å². The Morgan fingerprint density at radius 2 is 1.48 bits per heavy atom. The third-order valence-electron chi connectivity index (χ3n) is 5.02. The fourth-order valence-corrected chi connectivity index (χ4v) is 4.03. The van der Waals surface area contributed by atoms with Crippen LogP contribution < -0.4 is 5.14 Å². The standard InChI is InChI=1S/C23H21N3O2S/c1-15-8-13-20(29(24,27)28)14-21(15)17-9-11-18(12-10-17)22-16(2)25-26-23(22)19-6-4-3-5-7-19/h3-14H,1-2H3,(H,25,26)(H2,24,27,28). The number of nitrogens with zero attached hydrogens (tertiary/aromatic N) is 1. The van der Waals surface area contributed by atoms with Crippen LogP contribution in [0, 0.1) is 13.8 Å². The van der Waals surface area contributed by atoms with Crippen LogP contribution in [0.3, 0.4) is 0 Å². The van der Waals surface area contributed by atoms with E-state index in [-0.39, 0.29) is 4.90 Å². The summed E-state index contributed by atoms with van der Waals surface area (Å²) in [5, 5.41) is 12.9. The third kappa shape index (κ3) is 3.72. The molecular formula is C23H21N3O2S. The summed E-state index contributed by atoms with van der Waals surface area (Å²) in [5.41, 5.74) is 7.79. The highest BCUT2D eigenvalue weighted by Crippen LogP contribution is 2.34.